The predicted octanol–water partition coefficient (Wildman–Crippen LogP) is 1.88. The van der Waals surface area contributed by atoms with Gasteiger partial charge in [0, 0.05) is 11.6 Å². The summed E-state index contributed by atoms with van der Waals surface area (Å²) in [5.41, 5.74) is 0.989. The van der Waals surface area contributed by atoms with Crippen LogP contribution in [0, 0.1) is 0 Å². The molecule has 3 amide bonds. The fourth-order valence-corrected chi connectivity index (χ4v) is 1.84. The Morgan fingerprint density at radius 3 is 2.78 bits per heavy atom. The first-order valence-corrected chi connectivity index (χ1v) is 5.50. The number of carbonyl (C=O) groups excluding carboxylic acids is 2. The minimum atomic E-state index is -0.532. The highest BCUT2D eigenvalue weighted by atomic mass is 16.2. The molecular formula is C13H9N3O2. The Morgan fingerprint density at radius 1 is 1.17 bits per heavy atom. The zero-order valence-corrected chi connectivity index (χ0v) is 9.41. The molecule has 2 heterocycles. The van der Waals surface area contributed by atoms with Crippen molar-refractivity contribution in [1.29, 1.82) is 0 Å². The summed E-state index contributed by atoms with van der Waals surface area (Å²) in [5.74, 6) is -0.414. The molecule has 0 N–H and O–H groups in total. The Labute approximate surface area is 103 Å². The van der Waals surface area contributed by atoms with E-state index in [0.717, 1.165) is 15.8 Å². The maximum absolute atomic E-state index is 12.1. The van der Waals surface area contributed by atoms with E-state index in [1.54, 1.807) is 6.07 Å². The van der Waals surface area contributed by atoms with Gasteiger partial charge in [0.25, 0.3) is 5.91 Å². The summed E-state index contributed by atoms with van der Waals surface area (Å²) in [6.07, 6.45) is 1.42. The van der Waals surface area contributed by atoms with E-state index in [9.17, 15) is 9.59 Å². The van der Waals surface area contributed by atoms with Crippen molar-refractivity contribution in [2.75, 3.05) is 6.54 Å². The summed E-state index contributed by atoms with van der Waals surface area (Å²) in [6.45, 7) is 0.214. The van der Waals surface area contributed by atoms with Gasteiger partial charge in [-0.25, -0.2) is 14.8 Å². The average Bonchev–Trinajstić information content (AvgIpc) is 2.83. The number of aliphatic imine (C=N–C) groups is 1. The number of para-hydroxylation sites is 1. The van der Waals surface area contributed by atoms with Crippen LogP contribution in [0.25, 0.3) is 10.9 Å². The highest BCUT2D eigenvalue weighted by Gasteiger charge is 2.25. The minimum absolute atomic E-state index is 0.214. The number of carbonyl (C=O) groups is 2. The molecule has 0 radical (unpaired) electrons. The second kappa shape index (κ2) is 4.03. The molecule has 0 atom stereocenters. The summed E-state index contributed by atoms with van der Waals surface area (Å²) in [4.78, 5) is 32.3. The van der Waals surface area contributed by atoms with E-state index in [0.29, 0.717) is 0 Å². The second-order valence-corrected chi connectivity index (χ2v) is 3.90. The van der Waals surface area contributed by atoms with Crippen molar-refractivity contribution in [3.63, 3.8) is 0 Å². The van der Waals surface area contributed by atoms with E-state index in [2.05, 4.69) is 9.98 Å². The van der Waals surface area contributed by atoms with Gasteiger partial charge in [-0.3, -0.25) is 9.69 Å². The van der Waals surface area contributed by atoms with Crippen molar-refractivity contribution < 1.29 is 9.59 Å². The van der Waals surface area contributed by atoms with Crippen LogP contribution in [0.5, 0.6) is 0 Å². The van der Waals surface area contributed by atoms with Crippen LogP contribution < -0.4 is 0 Å². The number of hydrogen-bond donors (Lipinski definition) is 0. The number of pyridine rings is 1. The summed E-state index contributed by atoms with van der Waals surface area (Å²) in [6, 6.07) is 10.4. The topological polar surface area (TPSA) is 62.6 Å². The van der Waals surface area contributed by atoms with E-state index < -0.39 is 11.9 Å². The van der Waals surface area contributed by atoms with Gasteiger partial charge < -0.3 is 0 Å². The number of urea groups is 1. The smallest absolute Gasteiger partial charge is 0.267 e. The van der Waals surface area contributed by atoms with Crippen molar-refractivity contribution in [1.82, 2.24) is 9.88 Å². The molecule has 88 valence electrons. The van der Waals surface area contributed by atoms with Gasteiger partial charge in [0.2, 0.25) is 0 Å². The molecule has 1 aliphatic heterocycles. The van der Waals surface area contributed by atoms with Gasteiger partial charge in [0.15, 0.2) is 0 Å². The predicted molar refractivity (Wildman–Crippen MR) is 66.7 cm³/mol. The van der Waals surface area contributed by atoms with Gasteiger partial charge in [-0.1, -0.05) is 24.3 Å². The van der Waals surface area contributed by atoms with Crippen LogP contribution in [-0.2, 0) is 0 Å². The zero-order chi connectivity index (χ0) is 12.5. The first-order chi connectivity index (χ1) is 8.75. The molecule has 0 unspecified atom stereocenters. The Balaban J connectivity index is 1.99. The molecule has 0 aliphatic carbocycles. The molecule has 0 fully saturated rings. The largest absolute Gasteiger partial charge is 0.350 e. The summed E-state index contributed by atoms with van der Waals surface area (Å²) >= 11 is 0. The Hall–Kier alpha value is -2.56. The van der Waals surface area contributed by atoms with Crippen molar-refractivity contribution in [3.8, 4) is 0 Å². The van der Waals surface area contributed by atoms with Gasteiger partial charge in [-0.15, -0.1) is 0 Å². The van der Waals surface area contributed by atoms with Crippen LogP contribution in [0.15, 0.2) is 41.4 Å². The molecule has 1 aromatic carbocycles. The number of hydrogen-bond acceptors (Lipinski definition) is 3. The van der Waals surface area contributed by atoms with Crippen molar-refractivity contribution in [3.05, 3.63) is 42.1 Å². The van der Waals surface area contributed by atoms with Crippen molar-refractivity contribution >= 4 is 29.1 Å². The third-order valence-corrected chi connectivity index (χ3v) is 2.76. The zero-order valence-electron chi connectivity index (χ0n) is 9.41. The van der Waals surface area contributed by atoms with Crippen LogP contribution in [0.2, 0.25) is 0 Å². The standard InChI is InChI=1S/C13H9N3O2/c17-12(16-8-7-14-13(16)18)11-6-5-9-3-1-2-4-10(9)15-11/h1-7H,8H2. The minimum Gasteiger partial charge on any atom is -0.267 e. The second-order valence-electron chi connectivity index (χ2n) is 3.90. The Bertz CT molecular complexity index is 679. The maximum atomic E-state index is 12.1. The van der Waals surface area contributed by atoms with Gasteiger partial charge in [-0.05, 0) is 12.1 Å². The Morgan fingerprint density at radius 2 is 2.00 bits per heavy atom. The van der Waals surface area contributed by atoms with Gasteiger partial charge in [-0.2, -0.15) is 0 Å². The van der Waals surface area contributed by atoms with Crippen LogP contribution in [0.1, 0.15) is 10.5 Å². The lowest BCUT2D eigenvalue weighted by Crippen LogP contribution is -2.32. The number of rotatable bonds is 1. The molecule has 0 bridgehead atoms. The number of fused-ring (bicyclic) bond motifs is 1. The third kappa shape index (κ3) is 1.66. The van der Waals surface area contributed by atoms with Gasteiger partial charge in [0.1, 0.15) is 5.69 Å². The molecule has 1 aromatic heterocycles. The molecule has 0 spiro atoms. The molecule has 5 nitrogen and oxygen atoms in total. The summed E-state index contributed by atoms with van der Waals surface area (Å²) < 4.78 is 0. The van der Waals surface area contributed by atoms with Crippen LogP contribution in [-0.4, -0.2) is 34.6 Å². The molecule has 3 rings (SSSR count). The lowest BCUT2D eigenvalue weighted by atomic mass is 10.2. The average molecular weight is 239 g/mol. The number of nitrogens with zero attached hydrogens (tertiary/aromatic N) is 3. The van der Waals surface area contributed by atoms with E-state index in [-0.39, 0.29) is 12.2 Å². The number of imide groups is 1. The maximum Gasteiger partial charge on any atom is 0.350 e. The van der Waals surface area contributed by atoms with Gasteiger partial charge in [0.05, 0.1) is 12.1 Å². The number of aromatic nitrogens is 1. The Kier molecular flexibility index (Phi) is 2.37. The molecule has 0 saturated carbocycles. The monoisotopic (exact) mass is 239 g/mol. The van der Waals surface area contributed by atoms with E-state index in [4.69, 9.17) is 0 Å². The number of benzene rings is 1. The molecule has 0 saturated heterocycles. The molecular weight excluding hydrogens is 230 g/mol. The molecule has 2 aromatic rings. The lowest BCUT2D eigenvalue weighted by molar-refractivity contribution is 0.0828. The summed E-state index contributed by atoms with van der Waals surface area (Å²) in [5, 5.41) is 0.957. The van der Waals surface area contributed by atoms with E-state index in [1.807, 2.05) is 30.3 Å². The third-order valence-electron chi connectivity index (χ3n) is 2.76. The quantitative estimate of drug-likeness (QED) is 0.763. The SMILES string of the molecule is O=C1N=CCN1C(=O)c1ccc2ccccc2n1. The number of amides is 3. The first-order valence-electron chi connectivity index (χ1n) is 5.50. The molecule has 5 heteroatoms. The van der Waals surface area contributed by atoms with E-state index in [1.165, 1.54) is 6.21 Å². The van der Waals surface area contributed by atoms with Crippen LogP contribution in [0.4, 0.5) is 4.79 Å². The summed E-state index contributed by atoms with van der Waals surface area (Å²) in [7, 11) is 0. The van der Waals surface area contributed by atoms with E-state index >= 15 is 0 Å². The van der Waals surface area contributed by atoms with Gasteiger partial charge >= 0.3 is 6.03 Å². The molecule has 18 heavy (non-hydrogen) atoms. The molecule has 1 aliphatic rings. The first kappa shape index (κ1) is 10.6. The van der Waals surface area contributed by atoms with Crippen molar-refractivity contribution in [2.24, 2.45) is 4.99 Å². The van der Waals surface area contributed by atoms with Crippen molar-refractivity contribution in [2.45, 2.75) is 0 Å². The fourth-order valence-electron chi connectivity index (χ4n) is 1.84. The normalized spacial score (nSPS) is 14.4. The fraction of sp³-hybridized carbons (Fsp3) is 0.0769. The van der Waals surface area contributed by atoms with Crippen LogP contribution >= 0.6 is 0 Å². The highest BCUT2D eigenvalue weighted by Crippen LogP contribution is 2.14. The highest BCUT2D eigenvalue weighted by molar-refractivity contribution is 6.09. The lowest BCUT2D eigenvalue weighted by Gasteiger charge is -2.11. The van der Waals surface area contributed by atoms with Crippen LogP contribution in [0.3, 0.4) is 0 Å².